The number of anilines is 1. The van der Waals surface area contributed by atoms with Crippen molar-refractivity contribution in [2.24, 2.45) is 5.73 Å². The second kappa shape index (κ2) is 5.98. The molecule has 0 unspecified atom stereocenters. The predicted molar refractivity (Wildman–Crippen MR) is 64.7 cm³/mol. The van der Waals surface area contributed by atoms with E-state index in [1.54, 1.807) is 6.20 Å². The van der Waals surface area contributed by atoms with Crippen molar-refractivity contribution in [2.45, 2.75) is 6.54 Å². The molecule has 0 radical (unpaired) electrons. The molecule has 2 N–H and O–H groups in total. The molecule has 3 nitrogen and oxygen atoms in total. The molecule has 15 heavy (non-hydrogen) atoms. The Kier molecular flexibility index (Phi) is 4.57. The summed E-state index contributed by atoms with van der Waals surface area (Å²) >= 11 is 0. The standard InChI is InChI=1S/C12H17N3/c1-3-7-15(8-4-2)12-10-14-6-5-11(12)9-13/h3-6,10H,1-2,7-9,13H2. The Morgan fingerprint density at radius 1 is 1.33 bits per heavy atom. The summed E-state index contributed by atoms with van der Waals surface area (Å²) in [6.07, 6.45) is 7.30. The van der Waals surface area contributed by atoms with Gasteiger partial charge < -0.3 is 10.6 Å². The summed E-state index contributed by atoms with van der Waals surface area (Å²) in [5, 5.41) is 0. The molecule has 0 saturated carbocycles. The zero-order chi connectivity index (χ0) is 11.1. The quantitative estimate of drug-likeness (QED) is 0.716. The van der Waals surface area contributed by atoms with Crippen LogP contribution in [-0.4, -0.2) is 18.1 Å². The third-order valence-electron chi connectivity index (χ3n) is 2.15. The van der Waals surface area contributed by atoms with Gasteiger partial charge in [0.05, 0.1) is 11.9 Å². The number of nitrogens with two attached hydrogens (primary N) is 1. The first-order valence-corrected chi connectivity index (χ1v) is 4.93. The molecule has 1 aromatic rings. The minimum atomic E-state index is 0.517. The van der Waals surface area contributed by atoms with E-state index in [-0.39, 0.29) is 0 Å². The molecule has 0 fully saturated rings. The Labute approximate surface area is 90.9 Å². The van der Waals surface area contributed by atoms with Crippen LogP contribution in [-0.2, 0) is 6.54 Å². The largest absolute Gasteiger partial charge is 0.363 e. The van der Waals surface area contributed by atoms with Crippen LogP contribution in [0, 0.1) is 0 Å². The Balaban J connectivity index is 2.97. The van der Waals surface area contributed by atoms with Gasteiger partial charge in [-0.25, -0.2) is 0 Å². The second-order valence-corrected chi connectivity index (χ2v) is 3.19. The van der Waals surface area contributed by atoms with E-state index in [0.29, 0.717) is 6.54 Å². The van der Waals surface area contributed by atoms with Gasteiger partial charge in [0.25, 0.3) is 0 Å². The van der Waals surface area contributed by atoms with Crippen LogP contribution in [0.25, 0.3) is 0 Å². The molecule has 80 valence electrons. The third kappa shape index (κ3) is 2.92. The number of hydrogen-bond donors (Lipinski definition) is 1. The molecule has 0 aliphatic rings. The van der Waals surface area contributed by atoms with Gasteiger partial charge in [0.2, 0.25) is 0 Å². The molecule has 1 rings (SSSR count). The maximum Gasteiger partial charge on any atom is 0.0603 e. The molecule has 3 heteroatoms. The van der Waals surface area contributed by atoms with Crippen LogP contribution in [0.15, 0.2) is 43.8 Å². The number of rotatable bonds is 6. The average Bonchev–Trinajstić information content (AvgIpc) is 2.29. The zero-order valence-corrected chi connectivity index (χ0v) is 8.89. The van der Waals surface area contributed by atoms with Gasteiger partial charge in [-0.3, -0.25) is 4.98 Å². The van der Waals surface area contributed by atoms with Crippen molar-refractivity contribution in [3.8, 4) is 0 Å². The van der Waals surface area contributed by atoms with Gasteiger partial charge in [0.1, 0.15) is 0 Å². The molecular formula is C12H17N3. The van der Waals surface area contributed by atoms with Crippen LogP contribution >= 0.6 is 0 Å². The number of aromatic nitrogens is 1. The van der Waals surface area contributed by atoms with Crippen LogP contribution < -0.4 is 10.6 Å². The highest BCUT2D eigenvalue weighted by Crippen LogP contribution is 2.18. The topological polar surface area (TPSA) is 42.2 Å². The van der Waals surface area contributed by atoms with Crippen molar-refractivity contribution in [1.29, 1.82) is 0 Å². The van der Waals surface area contributed by atoms with E-state index >= 15 is 0 Å². The number of pyridine rings is 1. The smallest absolute Gasteiger partial charge is 0.0603 e. The summed E-state index contributed by atoms with van der Waals surface area (Å²) in [5.74, 6) is 0. The normalized spacial score (nSPS) is 9.67. The summed E-state index contributed by atoms with van der Waals surface area (Å²) in [6.45, 7) is 9.53. The minimum Gasteiger partial charge on any atom is -0.363 e. The lowest BCUT2D eigenvalue weighted by molar-refractivity contribution is 0.922. The molecule has 0 aliphatic heterocycles. The van der Waals surface area contributed by atoms with E-state index < -0.39 is 0 Å². The summed E-state index contributed by atoms with van der Waals surface area (Å²) in [7, 11) is 0. The fourth-order valence-corrected chi connectivity index (χ4v) is 1.46. The molecule has 0 atom stereocenters. The lowest BCUT2D eigenvalue weighted by Gasteiger charge is -2.23. The van der Waals surface area contributed by atoms with E-state index in [0.717, 1.165) is 24.3 Å². The van der Waals surface area contributed by atoms with Gasteiger partial charge in [-0.2, -0.15) is 0 Å². The van der Waals surface area contributed by atoms with Gasteiger partial charge in [0, 0.05) is 25.8 Å². The summed E-state index contributed by atoms with van der Waals surface area (Å²) < 4.78 is 0. The lowest BCUT2D eigenvalue weighted by Crippen LogP contribution is -2.25. The van der Waals surface area contributed by atoms with Gasteiger partial charge in [-0.1, -0.05) is 12.2 Å². The highest BCUT2D eigenvalue weighted by molar-refractivity contribution is 5.52. The van der Waals surface area contributed by atoms with Gasteiger partial charge in [0.15, 0.2) is 0 Å². The third-order valence-corrected chi connectivity index (χ3v) is 2.15. The monoisotopic (exact) mass is 203 g/mol. The SMILES string of the molecule is C=CCN(CC=C)c1cnccc1CN. The maximum absolute atomic E-state index is 5.67. The molecule has 0 aromatic carbocycles. The molecule has 0 aliphatic carbocycles. The van der Waals surface area contributed by atoms with Gasteiger partial charge in [-0.15, -0.1) is 13.2 Å². The first kappa shape index (κ1) is 11.5. The van der Waals surface area contributed by atoms with Crippen molar-refractivity contribution < 1.29 is 0 Å². The number of hydrogen-bond acceptors (Lipinski definition) is 3. The summed E-state index contributed by atoms with van der Waals surface area (Å²) in [5.41, 5.74) is 7.82. The van der Waals surface area contributed by atoms with Gasteiger partial charge in [-0.05, 0) is 11.6 Å². The summed E-state index contributed by atoms with van der Waals surface area (Å²) in [6, 6.07) is 1.94. The molecule has 0 spiro atoms. The Morgan fingerprint density at radius 3 is 2.53 bits per heavy atom. The van der Waals surface area contributed by atoms with Crippen LogP contribution in [0.2, 0.25) is 0 Å². The average molecular weight is 203 g/mol. The summed E-state index contributed by atoms with van der Waals surface area (Å²) in [4.78, 5) is 6.25. The fourth-order valence-electron chi connectivity index (χ4n) is 1.46. The first-order valence-electron chi connectivity index (χ1n) is 4.93. The Morgan fingerprint density at radius 2 is 2.00 bits per heavy atom. The van der Waals surface area contributed by atoms with Crippen molar-refractivity contribution in [1.82, 2.24) is 4.98 Å². The molecular weight excluding hydrogens is 186 g/mol. The second-order valence-electron chi connectivity index (χ2n) is 3.19. The van der Waals surface area contributed by atoms with E-state index in [1.807, 2.05) is 24.4 Å². The zero-order valence-electron chi connectivity index (χ0n) is 8.89. The van der Waals surface area contributed by atoms with Crippen molar-refractivity contribution in [2.75, 3.05) is 18.0 Å². The fraction of sp³-hybridized carbons (Fsp3) is 0.250. The number of nitrogens with zero attached hydrogens (tertiary/aromatic N) is 2. The lowest BCUT2D eigenvalue weighted by atomic mass is 10.2. The first-order chi connectivity index (χ1) is 7.33. The highest BCUT2D eigenvalue weighted by atomic mass is 15.1. The van der Waals surface area contributed by atoms with Gasteiger partial charge >= 0.3 is 0 Å². The Hall–Kier alpha value is -1.61. The van der Waals surface area contributed by atoms with Crippen LogP contribution in [0.4, 0.5) is 5.69 Å². The Bertz CT molecular complexity index is 323. The molecule has 0 saturated heterocycles. The maximum atomic E-state index is 5.67. The van der Waals surface area contributed by atoms with E-state index in [2.05, 4.69) is 23.0 Å². The van der Waals surface area contributed by atoms with E-state index in [1.165, 1.54) is 0 Å². The van der Waals surface area contributed by atoms with Crippen molar-refractivity contribution >= 4 is 5.69 Å². The van der Waals surface area contributed by atoms with Crippen molar-refractivity contribution in [3.05, 3.63) is 49.3 Å². The van der Waals surface area contributed by atoms with Crippen LogP contribution in [0.1, 0.15) is 5.56 Å². The molecule has 1 heterocycles. The highest BCUT2D eigenvalue weighted by Gasteiger charge is 2.07. The predicted octanol–water partition coefficient (Wildman–Crippen LogP) is 1.72. The molecule has 0 bridgehead atoms. The van der Waals surface area contributed by atoms with Crippen LogP contribution in [0.3, 0.4) is 0 Å². The van der Waals surface area contributed by atoms with E-state index in [9.17, 15) is 0 Å². The minimum absolute atomic E-state index is 0.517. The molecule has 1 aromatic heterocycles. The van der Waals surface area contributed by atoms with E-state index in [4.69, 9.17) is 5.73 Å². The van der Waals surface area contributed by atoms with Crippen molar-refractivity contribution in [3.63, 3.8) is 0 Å². The van der Waals surface area contributed by atoms with Crippen LogP contribution in [0.5, 0.6) is 0 Å². The molecule has 0 amide bonds.